The maximum Gasteiger partial charge on any atom is 0.330 e. The summed E-state index contributed by atoms with van der Waals surface area (Å²) in [5, 5.41) is 10.9. The Labute approximate surface area is 123 Å². The van der Waals surface area contributed by atoms with Gasteiger partial charge in [-0.1, -0.05) is 36.9 Å². The van der Waals surface area contributed by atoms with E-state index in [1.807, 2.05) is 42.5 Å². The van der Waals surface area contributed by atoms with Crippen molar-refractivity contribution in [3.63, 3.8) is 0 Å². The van der Waals surface area contributed by atoms with Gasteiger partial charge in [0.15, 0.2) is 6.79 Å². The first-order chi connectivity index (χ1) is 10.2. The predicted molar refractivity (Wildman–Crippen MR) is 81.4 cm³/mol. The minimum Gasteiger partial charge on any atom is -0.478 e. The Kier molecular flexibility index (Phi) is 5.35. The normalized spacial score (nSPS) is 10.5. The fourth-order valence-corrected chi connectivity index (χ4v) is 1.92. The van der Waals surface area contributed by atoms with E-state index in [1.54, 1.807) is 0 Å². The molecule has 0 amide bonds. The van der Waals surface area contributed by atoms with Gasteiger partial charge >= 0.3 is 5.97 Å². The molecule has 0 aliphatic rings. The van der Waals surface area contributed by atoms with Crippen LogP contribution in [0.3, 0.4) is 0 Å². The molecule has 0 bridgehead atoms. The summed E-state index contributed by atoms with van der Waals surface area (Å²) in [4.78, 5) is 10.5. The monoisotopic (exact) mass is 286 g/mol. The van der Waals surface area contributed by atoms with Gasteiger partial charge in [0.05, 0.1) is 6.61 Å². The van der Waals surface area contributed by atoms with Crippen LogP contribution in [-0.2, 0) is 9.53 Å². The zero-order valence-corrected chi connectivity index (χ0v) is 11.7. The highest BCUT2D eigenvalue weighted by molar-refractivity contribution is 5.85. The van der Waals surface area contributed by atoms with Gasteiger partial charge in [0.2, 0.25) is 0 Å². The maximum atomic E-state index is 10.5. The third-order valence-corrected chi connectivity index (χ3v) is 3.10. The van der Waals surface area contributed by atoms with E-state index in [-0.39, 0.29) is 12.4 Å². The van der Waals surface area contributed by atoms with Crippen molar-refractivity contribution in [3.05, 3.63) is 54.6 Å². The molecule has 0 spiro atoms. The van der Waals surface area contributed by atoms with E-state index in [0.717, 1.165) is 16.5 Å². The van der Waals surface area contributed by atoms with E-state index in [1.165, 1.54) is 0 Å². The summed E-state index contributed by atoms with van der Waals surface area (Å²) in [5.41, 5.74) is 0.203. The van der Waals surface area contributed by atoms with Gasteiger partial charge < -0.3 is 14.6 Å². The Morgan fingerprint density at radius 1 is 1.14 bits per heavy atom. The van der Waals surface area contributed by atoms with Gasteiger partial charge in [-0.05, 0) is 35.7 Å². The molecule has 21 heavy (non-hydrogen) atoms. The average molecular weight is 286 g/mol. The van der Waals surface area contributed by atoms with Crippen molar-refractivity contribution in [2.24, 2.45) is 0 Å². The van der Waals surface area contributed by atoms with Gasteiger partial charge in [-0.2, -0.15) is 0 Å². The highest BCUT2D eigenvalue weighted by Crippen LogP contribution is 2.20. The molecule has 4 heteroatoms. The molecule has 0 saturated heterocycles. The molecule has 2 rings (SSSR count). The van der Waals surface area contributed by atoms with E-state index in [9.17, 15) is 4.79 Å². The lowest BCUT2D eigenvalue weighted by Crippen LogP contribution is -2.05. The van der Waals surface area contributed by atoms with Crippen LogP contribution in [0.2, 0.25) is 0 Å². The molecule has 2 aromatic carbocycles. The Morgan fingerprint density at radius 2 is 1.90 bits per heavy atom. The molecule has 110 valence electrons. The van der Waals surface area contributed by atoms with Crippen LogP contribution in [0.25, 0.3) is 10.8 Å². The van der Waals surface area contributed by atoms with E-state index >= 15 is 0 Å². The van der Waals surface area contributed by atoms with Crippen molar-refractivity contribution in [1.29, 1.82) is 0 Å². The zero-order chi connectivity index (χ0) is 15.1. The number of carboxylic acids is 1. The van der Waals surface area contributed by atoms with E-state index in [4.69, 9.17) is 14.6 Å². The van der Waals surface area contributed by atoms with Gasteiger partial charge in [-0.15, -0.1) is 0 Å². The van der Waals surface area contributed by atoms with E-state index in [0.29, 0.717) is 19.4 Å². The van der Waals surface area contributed by atoms with Crippen molar-refractivity contribution >= 4 is 16.7 Å². The molecule has 1 N–H and O–H groups in total. The number of benzene rings is 2. The minimum absolute atomic E-state index is 0.151. The van der Waals surface area contributed by atoms with Crippen LogP contribution in [-0.4, -0.2) is 24.5 Å². The topological polar surface area (TPSA) is 55.8 Å². The summed E-state index contributed by atoms with van der Waals surface area (Å²) < 4.78 is 10.8. The summed E-state index contributed by atoms with van der Waals surface area (Å²) in [6.07, 6.45) is 1.04. The van der Waals surface area contributed by atoms with Crippen LogP contribution >= 0.6 is 0 Å². The predicted octanol–water partition coefficient (Wildman–Crippen LogP) is 3.61. The van der Waals surface area contributed by atoms with Crippen LogP contribution in [0.4, 0.5) is 0 Å². The zero-order valence-electron chi connectivity index (χ0n) is 11.7. The van der Waals surface area contributed by atoms with Crippen LogP contribution in [0, 0.1) is 0 Å². The van der Waals surface area contributed by atoms with Crippen molar-refractivity contribution in [2.45, 2.75) is 12.8 Å². The Hall–Kier alpha value is -2.33. The first-order valence-electron chi connectivity index (χ1n) is 6.77. The van der Waals surface area contributed by atoms with Crippen LogP contribution < -0.4 is 4.74 Å². The number of fused-ring (bicyclic) bond motifs is 1. The molecule has 0 aliphatic heterocycles. The lowest BCUT2D eigenvalue weighted by molar-refractivity contribution is -0.132. The second-order valence-electron chi connectivity index (χ2n) is 4.69. The standard InChI is InChI=1S/C17H18O4/c1-13(17(18)19)5-4-10-20-12-21-16-9-8-14-6-2-3-7-15(14)11-16/h2-3,6-9,11H,1,4-5,10,12H2,(H,18,19). The van der Waals surface area contributed by atoms with Crippen molar-refractivity contribution < 1.29 is 19.4 Å². The second-order valence-corrected chi connectivity index (χ2v) is 4.69. The molecule has 0 unspecified atom stereocenters. The smallest absolute Gasteiger partial charge is 0.330 e. The lowest BCUT2D eigenvalue weighted by Gasteiger charge is -2.08. The van der Waals surface area contributed by atoms with Crippen molar-refractivity contribution in [2.75, 3.05) is 13.4 Å². The number of hydrogen-bond donors (Lipinski definition) is 1. The van der Waals surface area contributed by atoms with Gasteiger partial charge in [-0.3, -0.25) is 0 Å². The number of aliphatic carboxylic acids is 1. The SMILES string of the molecule is C=C(CCCOCOc1ccc2ccccc2c1)C(=O)O. The molecule has 0 atom stereocenters. The maximum absolute atomic E-state index is 10.5. The third kappa shape index (κ3) is 4.61. The highest BCUT2D eigenvalue weighted by atomic mass is 16.7. The van der Waals surface area contributed by atoms with Gasteiger partial charge in [0, 0.05) is 5.57 Å². The van der Waals surface area contributed by atoms with Gasteiger partial charge in [-0.25, -0.2) is 4.79 Å². The molecule has 0 aliphatic carbocycles. The third-order valence-electron chi connectivity index (χ3n) is 3.10. The molecular weight excluding hydrogens is 268 g/mol. The number of hydrogen-bond acceptors (Lipinski definition) is 3. The van der Waals surface area contributed by atoms with Crippen LogP contribution in [0.5, 0.6) is 5.75 Å². The fourth-order valence-electron chi connectivity index (χ4n) is 1.92. The Bertz CT molecular complexity index is 633. The number of ether oxygens (including phenoxy) is 2. The Morgan fingerprint density at radius 3 is 2.67 bits per heavy atom. The molecule has 2 aromatic rings. The first-order valence-corrected chi connectivity index (χ1v) is 6.77. The molecular formula is C17H18O4. The summed E-state index contributed by atoms with van der Waals surface area (Å²) in [5.74, 6) is -0.203. The number of carboxylic acid groups (broad SMARTS) is 1. The van der Waals surface area contributed by atoms with Crippen LogP contribution in [0.15, 0.2) is 54.6 Å². The largest absolute Gasteiger partial charge is 0.478 e. The van der Waals surface area contributed by atoms with Crippen LogP contribution in [0.1, 0.15) is 12.8 Å². The molecule has 0 heterocycles. The molecule has 0 saturated carbocycles. The quantitative estimate of drug-likeness (QED) is 0.457. The molecule has 0 radical (unpaired) electrons. The Balaban J connectivity index is 1.70. The van der Waals surface area contributed by atoms with Gasteiger partial charge in [0.25, 0.3) is 0 Å². The molecule has 0 fully saturated rings. The average Bonchev–Trinajstić information content (AvgIpc) is 2.50. The second kappa shape index (κ2) is 7.45. The summed E-state index contributed by atoms with van der Waals surface area (Å²) in [7, 11) is 0. The number of rotatable bonds is 8. The fraction of sp³-hybridized carbons (Fsp3) is 0.235. The van der Waals surface area contributed by atoms with Crippen molar-refractivity contribution in [3.8, 4) is 5.75 Å². The van der Waals surface area contributed by atoms with Gasteiger partial charge in [0.1, 0.15) is 5.75 Å². The van der Waals surface area contributed by atoms with E-state index in [2.05, 4.69) is 6.58 Å². The molecule has 4 nitrogen and oxygen atoms in total. The molecule has 0 aromatic heterocycles. The minimum atomic E-state index is -0.956. The summed E-state index contributed by atoms with van der Waals surface area (Å²) in [6, 6.07) is 13.9. The summed E-state index contributed by atoms with van der Waals surface area (Å²) in [6.45, 7) is 4.06. The van der Waals surface area contributed by atoms with E-state index < -0.39 is 5.97 Å². The highest BCUT2D eigenvalue weighted by Gasteiger charge is 2.03. The first kappa shape index (κ1) is 15.1. The summed E-state index contributed by atoms with van der Waals surface area (Å²) >= 11 is 0. The number of carbonyl (C=O) groups is 1. The lowest BCUT2D eigenvalue weighted by atomic mass is 10.1. The van der Waals surface area contributed by atoms with Crippen molar-refractivity contribution in [1.82, 2.24) is 0 Å².